The van der Waals surface area contributed by atoms with Crippen LogP contribution < -0.4 is 25.9 Å². The van der Waals surface area contributed by atoms with Crippen molar-refractivity contribution in [1.82, 2.24) is 15.1 Å². The van der Waals surface area contributed by atoms with Gasteiger partial charge in [0.25, 0.3) is 10.1 Å². The first-order valence-corrected chi connectivity index (χ1v) is 38.7. The number of hydrogen-bond acceptors (Lipinski definition) is 14. The van der Waals surface area contributed by atoms with E-state index in [1.807, 2.05) is 72.8 Å². The van der Waals surface area contributed by atoms with Crippen LogP contribution >= 0.6 is 0 Å². The van der Waals surface area contributed by atoms with Gasteiger partial charge in [0.1, 0.15) is 18.1 Å². The van der Waals surface area contributed by atoms with Gasteiger partial charge < -0.3 is 39.6 Å². The highest BCUT2D eigenvalue weighted by Gasteiger charge is 2.44. The largest absolute Gasteiger partial charge is 0.748 e. The molecule has 17 nitrogen and oxygen atoms in total. The Balaban J connectivity index is 0.0000116. The van der Waals surface area contributed by atoms with Gasteiger partial charge in [-0.05, 0) is 173 Å². The van der Waals surface area contributed by atoms with E-state index in [-0.39, 0.29) is 25.5 Å². The number of para-hydroxylation sites is 2. The molecule has 2 heterocycles. The molecule has 0 bridgehead atoms. The lowest BCUT2D eigenvalue weighted by Crippen LogP contribution is -2.36. The van der Waals surface area contributed by atoms with E-state index in [0.29, 0.717) is 125 Å². The summed E-state index contributed by atoms with van der Waals surface area (Å²) < 4.78 is 77.9. The van der Waals surface area contributed by atoms with E-state index in [2.05, 4.69) is 156 Å². The first kappa shape index (κ1) is 78.0. The molecule has 0 fully saturated rings. The van der Waals surface area contributed by atoms with Crippen LogP contribution in [0.3, 0.4) is 0 Å². The fraction of sp³-hybridized carbons (Fsp3) is 0.325. The lowest BCUT2D eigenvalue weighted by atomic mass is 9.77. The minimum absolute atomic E-state index is 0. The van der Waals surface area contributed by atoms with Crippen molar-refractivity contribution in [3.8, 4) is 5.75 Å². The second kappa shape index (κ2) is 34.1. The summed E-state index contributed by atoms with van der Waals surface area (Å²) in [5.41, 5.74) is 13.5. The fourth-order valence-corrected chi connectivity index (χ4v) is 16.2. The Morgan fingerprint density at radius 1 is 0.635 bits per heavy atom. The van der Waals surface area contributed by atoms with Crippen molar-refractivity contribution in [2.45, 2.75) is 137 Å². The van der Waals surface area contributed by atoms with Gasteiger partial charge in [-0.1, -0.05) is 180 Å². The van der Waals surface area contributed by atoms with Crippen LogP contribution in [0.1, 0.15) is 132 Å². The summed E-state index contributed by atoms with van der Waals surface area (Å²) in [6, 6.07) is 56.2. The minimum Gasteiger partial charge on any atom is -0.748 e. The summed E-state index contributed by atoms with van der Waals surface area (Å²) in [5.74, 6) is 0.375. The topological polar surface area (TPSA) is 244 Å². The van der Waals surface area contributed by atoms with Gasteiger partial charge in [0.2, 0.25) is 11.6 Å². The highest BCUT2D eigenvalue weighted by atomic mass is 32.2. The number of benzene rings is 8. The Hall–Kier alpha value is -8.57. The first-order valence-electron chi connectivity index (χ1n) is 35.5. The number of fused-ring (bicyclic) bond motifs is 4. The van der Waals surface area contributed by atoms with Gasteiger partial charge in [-0.2, -0.15) is 13.0 Å². The molecular formula is C83H97B2N5O12S2. The van der Waals surface area contributed by atoms with E-state index in [9.17, 15) is 50.8 Å². The normalized spacial score (nSPS) is 15.8. The minimum atomic E-state index is -4.38. The smallest absolute Gasteiger partial charge is 0.488 e. The van der Waals surface area contributed by atoms with E-state index in [0.717, 1.165) is 101 Å². The number of anilines is 1. The Kier molecular flexibility index (Phi) is 25.6. The third-order valence-electron chi connectivity index (χ3n) is 20.3. The van der Waals surface area contributed by atoms with Crippen molar-refractivity contribution in [1.29, 1.82) is 0 Å². The molecule has 0 saturated carbocycles. The number of hydrogen-bond donors (Lipinski definition) is 6. The lowest BCUT2D eigenvalue weighted by molar-refractivity contribution is -0.438. The summed E-state index contributed by atoms with van der Waals surface area (Å²) in [6.07, 6.45) is 13.1. The molecular weight excluding hydrogens is 1340 g/mol. The van der Waals surface area contributed by atoms with Crippen molar-refractivity contribution < 1.29 is 60.1 Å². The Morgan fingerprint density at radius 3 is 1.78 bits per heavy atom. The molecule has 544 valence electrons. The molecule has 0 atom stereocenters. The van der Waals surface area contributed by atoms with Crippen LogP contribution in [0.25, 0.3) is 21.5 Å². The fourth-order valence-electron chi connectivity index (χ4n) is 15.1. The van der Waals surface area contributed by atoms with Crippen LogP contribution in [0.5, 0.6) is 5.75 Å². The SMILES string of the molecule is C.C=C(C)C(=O)NCCCN(Cc1ccccc1B(O)O)Cc1c2ccccc2c(CN(Cc2ccc(OC3=C(C=CC4=[N+](CCCCS(=O)(=O)O)c5ccccc5C4(C)C)CCCC3=CC=C3N(CCCCS(=O)(=O)[O-])c4ccccc4C3(C)C)cc2)Cc2ccccc2B(O)O)c2ccccc12. The molecule has 0 unspecified atom stereocenters. The molecule has 21 heteroatoms. The molecule has 1 aliphatic carbocycles. The number of allylic oxidation sites excluding steroid dienone is 7. The first-order chi connectivity index (χ1) is 49.3. The molecule has 6 N–H and O–H groups in total. The summed E-state index contributed by atoms with van der Waals surface area (Å²) in [5, 5.41) is 49.7. The van der Waals surface area contributed by atoms with E-state index in [4.69, 9.17) is 4.74 Å². The highest BCUT2D eigenvalue weighted by Crippen LogP contribution is 2.48. The van der Waals surface area contributed by atoms with Gasteiger partial charge in [0.15, 0.2) is 5.71 Å². The lowest BCUT2D eigenvalue weighted by Gasteiger charge is -2.28. The van der Waals surface area contributed by atoms with Crippen LogP contribution in [0.15, 0.2) is 229 Å². The average molecular weight is 1440 g/mol. The Labute approximate surface area is 614 Å². The zero-order valence-electron chi connectivity index (χ0n) is 59.5. The molecule has 0 aromatic heterocycles. The standard InChI is InChI=1S/C82H93B2N5O12S2.CH4/c1-58(2)80(90)85-47-24-48-86(54-62-25-7-15-35-73(62)83(91)92)56-69-65-29-9-11-31-67(65)70(68-32-12-10-30-66(68)69)57-87(55-63-26-8-16-36-74(63)84(93)94)53-59-39-43-64(44-40-59)101-79-60(41-45-77-81(3,4)71-33-13-17-37-75(71)88(77)49-19-21-51-102(95,96)97)27-23-28-61(79)42-46-78-82(5,6)72-34-14-18-38-76(72)89(78)50-20-22-52-103(98,99)100;/h7-18,25-26,29-46,91-94H,1,19-24,27-28,47-57H2,2-6H3,(H2-,85,90,95,96,97,98,99,100);1H4. The molecule has 0 spiro atoms. The predicted molar refractivity (Wildman–Crippen MR) is 419 cm³/mol. The summed E-state index contributed by atoms with van der Waals surface area (Å²) in [4.78, 5) is 19.4. The number of carbonyl (C=O) groups excluding carboxylic acids is 1. The number of carbonyl (C=O) groups is 1. The van der Waals surface area contributed by atoms with Crippen molar-refractivity contribution in [2.75, 3.05) is 42.6 Å². The van der Waals surface area contributed by atoms with Crippen molar-refractivity contribution in [3.63, 3.8) is 0 Å². The maximum absolute atomic E-state index is 12.6. The number of ether oxygens (including phenoxy) is 1. The van der Waals surface area contributed by atoms with E-state index in [1.54, 1.807) is 31.2 Å². The predicted octanol–water partition coefficient (Wildman–Crippen LogP) is 12.3. The van der Waals surface area contributed by atoms with Gasteiger partial charge in [-0.25, -0.2) is 8.42 Å². The van der Waals surface area contributed by atoms with Gasteiger partial charge in [-0.3, -0.25) is 19.1 Å². The zero-order valence-corrected chi connectivity index (χ0v) is 61.1. The molecule has 11 rings (SSSR count). The van der Waals surface area contributed by atoms with Gasteiger partial charge >= 0.3 is 14.2 Å². The van der Waals surface area contributed by atoms with Gasteiger partial charge in [-0.15, -0.1) is 0 Å². The number of unbranched alkanes of at least 4 members (excludes halogenated alkanes) is 2. The van der Waals surface area contributed by atoms with Gasteiger partial charge in [0.05, 0.1) is 21.3 Å². The third kappa shape index (κ3) is 18.7. The van der Waals surface area contributed by atoms with Crippen LogP contribution in [0.4, 0.5) is 11.4 Å². The third-order valence-corrected chi connectivity index (χ3v) is 21.9. The molecule has 3 aliphatic rings. The van der Waals surface area contributed by atoms with E-state index in [1.165, 1.54) is 0 Å². The molecule has 0 saturated heterocycles. The summed E-state index contributed by atoms with van der Waals surface area (Å²) >= 11 is 0. The van der Waals surface area contributed by atoms with E-state index >= 15 is 0 Å². The molecule has 8 aromatic rings. The molecule has 104 heavy (non-hydrogen) atoms. The maximum Gasteiger partial charge on any atom is 0.488 e. The second-order valence-corrected chi connectivity index (χ2v) is 31.5. The molecule has 8 aromatic carbocycles. The summed E-state index contributed by atoms with van der Waals surface area (Å²) in [6.45, 7) is 18.5. The molecule has 0 radical (unpaired) electrons. The van der Waals surface area contributed by atoms with E-state index < -0.39 is 51.1 Å². The van der Waals surface area contributed by atoms with Crippen LogP contribution in [-0.4, -0.2) is 124 Å². The highest BCUT2D eigenvalue weighted by molar-refractivity contribution is 7.85. The van der Waals surface area contributed by atoms with Crippen LogP contribution in [0.2, 0.25) is 0 Å². The van der Waals surface area contributed by atoms with Crippen molar-refractivity contribution in [3.05, 3.63) is 268 Å². The molecule has 1 amide bonds. The molecule has 2 aliphatic heterocycles. The second-order valence-electron chi connectivity index (χ2n) is 28.4. The summed E-state index contributed by atoms with van der Waals surface area (Å²) in [7, 11) is -11.9. The number of nitrogens with zero attached hydrogens (tertiary/aromatic N) is 4. The average Bonchev–Trinajstić information content (AvgIpc) is 1.49. The van der Waals surface area contributed by atoms with Crippen molar-refractivity contribution >= 4 is 89.9 Å². The maximum atomic E-state index is 12.6. The zero-order chi connectivity index (χ0) is 73.2. The quantitative estimate of drug-likeness (QED) is 0.00573. The van der Waals surface area contributed by atoms with Crippen LogP contribution in [-0.2, 0) is 68.6 Å². The number of amides is 1. The number of nitrogens with one attached hydrogen (secondary N) is 1. The monoisotopic (exact) mass is 1440 g/mol. The Bertz CT molecular complexity index is 4800. The van der Waals surface area contributed by atoms with Crippen molar-refractivity contribution in [2.24, 2.45) is 0 Å². The van der Waals surface area contributed by atoms with Gasteiger partial charge in [0, 0.05) is 105 Å². The number of rotatable bonds is 32. The Morgan fingerprint density at radius 2 is 1.18 bits per heavy atom. The van der Waals surface area contributed by atoms with Crippen LogP contribution in [0, 0.1) is 0 Å².